The van der Waals surface area contributed by atoms with Crippen LogP contribution in [0.2, 0.25) is 5.02 Å². The Morgan fingerprint density at radius 1 is 1.21 bits per heavy atom. The number of amides is 1. The molecule has 3 rings (SSSR count). The normalized spacial score (nSPS) is 10.5. The van der Waals surface area contributed by atoms with Gasteiger partial charge >= 0.3 is 0 Å². The van der Waals surface area contributed by atoms with Gasteiger partial charge in [0.2, 0.25) is 0 Å². The van der Waals surface area contributed by atoms with E-state index in [2.05, 4.69) is 10.1 Å². The minimum atomic E-state index is -0.558. The van der Waals surface area contributed by atoms with Gasteiger partial charge in [0, 0.05) is 11.4 Å². The number of halogens is 1. The van der Waals surface area contributed by atoms with E-state index in [1.165, 1.54) is 0 Å². The number of primary amides is 1. The fourth-order valence-electron chi connectivity index (χ4n) is 2.19. The Labute approximate surface area is 143 Å². The van der Waals surface area contributed by atoms with Crippen molar-refractivity contribution in [2.24, 2.45) is 5.73 Å². The average molecular weight is 344 g/mol. The zero-order chi connectivity index (χ0) is 16.9. The summed E-state index contributed by atoms with van der Waals surface area (Å²) in [6.45, 7) is 0.0485. The molecule has 3 aromatic rings. The van der Waals surface area contributed by atoms with Crippen molar-refractivity contribution in [3.63, 3.8) is 0 Å². The molecule has 7 heteroatoms. The Kier molecular flexibility index (Phi) is 4.77. The fourth-order valence-corrected chi connectivity index (χ4v) is 2.40. The first-order valence-electron chi connectivity index (χ1n) is 7.19. The molecular formula is C17H14ClN3O3. The molecule has 1 aromatic heterocycles. The molecule has 0 aliphatic heterocycles. The summed E-state index contributed by atoms with van der Waals surface area (Å²) in [5.74, 6) is 0.655. The summed E-state index contributed by atoms with van der Waals surface area (Å²) in [4.78, 5) is 15.6. The van der Waals surface area contributed by atoms with Crippen molar-refractivity contribution in [1.29, 1.82) is 0 Å². The van der Waals surface area contributed by atoms with E-state index in [1.807, 2.05) is 18.2 Å². The van der Waals surface area contributed by atoms with Gasteiger partial charge in [0.25, 0.3) is 11.8 Å². The number of carbonyl (C=O) groups is 1. The Balaban J connectivity index is 1.66. The highest BCUT2D eigenvalue weighted by Gasteiger charge is 2.12. The van der Waals surface area contributed by atoms with E-state index in [4.69, 9.17) is 26.6 Å². The van der Waals surface area contributed by atoms with Gasteiger partial charge in [0.1, 0.15) is 5.75 Å². The van der Waals surface area contributed by atoms with Gasteiger partial charge in [-0.3, -0.25) is 4.79 Å². The second-order valence-corrected chi connectivity index (χ2v) is 5.50. The maximum Gasteiger partial charge on any atom is 0.264 e. The second kappa shape index (κ2) is 7.14. The van der Waals surface area contributed by atoms with Gasteiger partial charge in [-0.2, -0.15) is 4.98 Å². The Morgan fingerprint density at radius 2 is 2.04 bits per heavy atom. The van der Waals surface area contributed by atoms with E-state index in [0.717, 1.165) is 5.56 Å². The third-order valence-corrected chi connectivity index (χ3v) is 3.50. The molecule has 0 bridgehead atoms. The maximum atomic E-state index is 11.3. The van der Waals surface area contributed by atoms with E-state index in [9.17, 15) is 4.79 Å². The minimum absolute atomic E-state index is 0.0485. The van der Waals surface area contributed by atoms with Crippen LogP contribution >= 0.6 is 11.6 Å². The van der Waals surface area contributed by atoms with Crippen molar-refractivity contribution >= 4 is 17.5 Å². The van der Waals surface area contributed by atoms with Crippen LogP contribution < -0.4 is 10.5 Å². The quantitative estimate of drug-likeness (QED) is 0.742. The summed E-state index contributed by atoms with van der Waals surface area (Å²) in [6.07, 6.45) is 0.502. The van der Waals surface area contributed by atoms with Gasteiger partial charge in [-0.25, -0.2) is 0 Å². The lowest BCUT2D eigenvalue weighted by atomic mass is 10.1. The van der Waals surface area contributed by atoms with Crippen LogP contribution in [0.4, 0.5) is 0 Å². The standard InChI is InChI=1S/C17H14ClN3O3/c18-12-5-3-4-11(8-12)9-15-20-16(24-21-15)10-23-14-7-2-1-6-13(14)17(19)22/h1-8H,9-10H2,(H2,19,22). The predicted octanol–water partition coefficient (Wildman–Crippen LogP) is 2.99. The van der Waals surface area contributed by atoms with Crippen LogP contribution in [0.3, 0.4) is 0 Å². The number of benzene rings is 2. The second-order valence-electron chi connectivity index (χ2n) is 5.06. The average Bonchev–Trinajstić information content (AvgIpc) is 3.00. The summed E-state index contributed by atoms with van der Waals surface area (Å²) in [7, 11) is 0. The number of nitrogens with two attached hydrogens (primary N) is 1. The number of aromatic nitrogens is 2. The maximum absolute atomic E-state index is 11.3. The molecule has 0 saturated carbocycles. The molecule has 0 radical (unpaired) electrons. The minimum Gasteiger partial charge on any atom is -0.483 e. The van der Waals surface area contributed by atoms with Crippen LogP contribution in [-0.4, -0.2) is 16.0 Å². The Hall–Kier alpha value is -2.86. The third kappa shape index (κ3) is 3.91. The molecule has 0 aliphatic carbocycles. The summed E-state index contributed by atoms with van der Waals surface area (Å²) in [5.41, 5.74) is 6.59. The van der Waals surface area contributed by atoms with E-state index < -0.39 is 5.91 Å². The first-order chi connectivity index (χ1) is 11.6. The molecule has 2 aromatic carbocycles. The van der Waals surface area contributed by atoms with Crippen molar-refractivity contribution in [3.05, 3.63) is 76.4 Å². The van der Waals surface area contributed by atoms with Gasteiger partial charge in [0.05, 0.1) is 5.56 Å². The molecule has 24 heavy (non-hydrogen) atoms. The number of nitrogens with zero attached hydrogens (tertiary/aromatic N) is 2. The lowest BCUT2D eigenvalue weighted by molar-refractivity contribution is 0.0995. The van der Waals surface area contributed by atoms with Gasteiger partial charge in [-0.05, 0) is 29.8 Å². The highest BCUT2D eigenvalue weighted by Crippen LogP contribution is 2.19. The Morgan fingerprint density at radius 3 is 2.83 bits per heavy atom. The van der Waals surface area contributed by atoms with E-state index in [1.54, 1.807) is 30.3 Å². The van der Waals surface area contributed by atoms with Crippen molar-refractivity contribution < 1.29 is 14.1 Å². The molecule has 1 heterocycles. The third-order valence-electron chi connectivity index (χ3n) is 3.27. The van der Waals surface area contributed by atoms with Crippen LogP contribution in [0.15, 0.2) is 53.1 Å². The lowest BCUT2D eigenvalue weighted by Gasteiger charge is -2.06. The smallest absolute Gasteiger partial charge is 0.264 e. The summed E-state index contributed by atoms with van der Waals surface area (Å²) in [6, 6.07) is 14.2. The first-order valence-corrected chi connectivity index (χ1v) is 7.57. The molecule has 0 fully saturated rings. The molecule has 6 nitrogen and oxygen atoms in total. The molecule has 122 valence electrons. The van der Waals surface area contributed by atoms with Crippen LogP contribution in [0, 0.1) is 0 Å². The van der Waals surface area contributed by atoms with E-state index >= 15 is 0 Å². The van der Waals surface area contributed by atoms with Crippen LogP contribution in [0.25, 0.3) is 0 Å². The van der Waals surface area contributed by atoms with Crippen molar-refractivity contribution in [3.8, 4) is 5.75 Å². The number of carbonyl (C=O) groups excluding carboxylic acids is 1. The number of para-hydroxylation sites is 1. The van der Waals surface area contributed by atoms with Gasteiger partial charge in [-0.15, -0.1) is 0 Å². The molecule has 0 spiro atoms. The van der Waals surface area contributed by atoms with Crippen molar-refractivity contribution in [2.75, 3.05) is 0 Å². The molecule has 0 aliphatic rings. The summed E-state index contributed by atoms with van der Waals surface area (Å²) in [5, 5.41) is 4.57. The molecule has 1 amide bonds. The van der Waals surface area contributed by atoms with Crippen LogP contribution in [0.5, 0.6) is 5.75 Å². The zero-order valence-corrected chi connectivity index (χ0v) is 13.4. The highest BCUT2D eigenvalue weighted by molar-refractivity contribution is 6.30. The van der Waals surface area contributed by atoms with Gasteiger partial charge in [-0.1, -0.05) is 41.0 Å². The van der Waals surface area contributed by atoms with Gasteiger partial charge in [0.15, 0.2) is 12.4 Å². The first kappa shape index (κ1) is 16.0. The SMILES string of the molecule is NC(=O)c1ccccc1OCc1nc(Cc2cccc(Cl)c2)no1. The van der Waals surface area contributed by atoms with E-state index in [0.29, 0.717) is 34.5 Å². The monoisotopic (exact) mass is 343 g/mol. The molecule has 0 unspecified atom stereocenters. The van der Waals surface area contributed by atoms with Gasteiger partial charge < -0.3 is 15.0 Å². The number of hydrogen-bond donors (Lipinski definition) is 1. The number of hydrogen-bond acceptors (Lipinski definition) is 5. The molecule has 0 atom stereocenters. The van der Waals surface area contributed by atoms with Crippen molar-refractivity contribution in [1.82, 2.24) is 10.1 Å². The lowest BCUT2D eigenvalue weighted by Crippen LogP contribution is -2.12. The van der Waals surface area contributed by atoms with Crippen LogP contribution in [-0.2, 0) is 13.0 Å². The van der Waals surface area contributed by atoms with Crippen LogP contribution in [0.1, 0.15) is 27.6 Å². The number of ether oxygens (including phenoxy) is 1. The molecule has 2 N–H and O–H groups in total. The summed E-state index contributed by atoms with van der Waals surface area (Å²) < 4.78 is 10.7. The fraction of sp³-hybridized carbons (Fsp3) is 0.118. The van der Waals surface area contributed by atoms with Crippen molar-refractivity contribution in [2.45, 2.75) is 13.0 Å². The topological polar surface area (TPSA) is 91.2 Å². The number of rotatable bonds is 6. The predicted molar refractivity (Wildman–Crippen MR) is 87.8 cm³/mol. The largest absolute Gasteiger partial charge is 0.483 e. The molecule has 0 saturated heterocycles. The van der Waals surface area contributed by atoms with E-state index in [-0.39, 0.29) is 6.61 Å². The Bertz CT molecular complexity index is 864. The zero-order valence-electron chi connectivity index (χ0n) is 12.6. The molecular weight excluding hydrogens is 330 g/mol. The highest BCUT2D eigenvalue weighted by atomic mass is 35.5. The summed E-state index contributed by atoms with van der Waals surface area (Å²) >= 11 is 5.95.